The van der Waals surface area contributed by atoms with Crippen LogP contribution in [0.5, 0.6) is 11.5 Å². The Morgan fingerprint density at radius 1 is 0.976 bits per heavy atom. The monoisotopic (exact) mass is 616 g/mol. The third-order valence-corrected chi connectivity index (χ3v) is 7.23. The molecule has 0 aliphatic rings. The summed E-state index contributed by atoms with van der Waals surface area (Å²) < 4.78 is 11.7. The van der Waals surface area contributed by atoms with Crippen molar-refractivity contribution in [2.24, 2.45) is 5.10 Å². The number of nitrogens with one attached hydrogen (secondary N) is 2. The highest BCUT2D eigenvalue weighted by Crippen LogP contribution is 2.37. The van der Waals surface area contributed by atoms with Crippen molar-refractivity contribution in [3.05, 3.63) is 123 Å². The number of carbonyl (C=O) groups excluding carboxylic acids is 1. The number of thiazole rings is 1. The van der Waals surface area contributed by atoms with Crippen molar-refractivity contribution < 1.29 is 14.3 Å². The molecule has 0 saturated heterocycles. The van der Waals surface area contributed by atoms with Gasteiger partial charge in [0.15, 0.2) is 16.6 Å². The van der Waals surface area contributed by atoms with Gasteiger partial charge in [-0.3, -0.25) is 4.79 Å². The highest BCUT2D eigenvalue weighted by atomic mass is 35.5. The highest BCUT2D eigenvalue weighted by Gasteiger charge is 2.13. The lowest BCUT2D eigenvalue weighted by Crippen LogP contribution is -2.17. The largest absolute Gasteiger partial charge is 0.490 e. The van der Waals surface area contributed by atoms with Gasteiger partial charge < -0.3 is 14.8 Å². The molecule has 4 aromatic carbocycles. The summed E-state index contributed by atoms with van der Waals surface area (Å²) in [4.78, 5) is 17.3. The van der Waals surface area contributed by atoms with E-state index in [1.54, 1.807) is 30.3 Å². The van der Waals surface area contributed by atoms with Crippen LogP contribution in [0.2, 0.25) is 10.0 Å². The molecule has 212 valence electrons. The molecule has 0 atom stereocenters. The van der Waals surface area contributed by atoms with Crippen LogP contribution in [0.3, 0.4) is 0 Å². The fraction of sp³-hybridized carbons (Fsp3) is 0.0938. The van der Waals surface area contributed by atoms with Crippen LogP contribution in [0.25, 0.3) is 11.3 Å². The summed E-state index contributed by atoms with van der Waals surface area (Å²) in [6.07, 6.45) is 1.50. The summed E-state index contributed by atoms with van der Waals surface area (Å²) in [6, 6.07) is 27.9. The number of amides is 1. The predicted octanol–water partition coefficient (Wildman–Crippen LogP) is 8.60. The van der Waals surface area contributed by atoms with E-state index >= 15 is 0 Å². The zero-order valence-corrected chi connectivity index (χ0v) is 24.8. The molecule has 0 aliphatic heterocycles. The van der Waals surface area contributed by atoms with Gasteiger partial charge >= 0.3 is 0 Å². The van der Waals surface area contributed by atoms with Crippen LogP contribution in [0.1, 0.15) is 28.4 Å². The number of hydrogen-bond acceptors (Lipinski definition) is 7. The Balaban J connectivity index is 1.20. The number of nitrogens with zero attached hydrogens (tertiary/aromatic N) is 2. The van der Waals surface area contributed by atoms with Crippen molar-refractivity contribution in [1.82, 2.24) is 10.4 Å². The molecule has 42 heavy (non-hydrogen) atoms. The molecule has 2 N–H and O–H groups in total. The number of ether oxygens (including phenoxy) is 2. The van der Waals surface area contributed by atoms with E-state index in [4.69, 9.17) is 32.7 Å². The number of benzene rings is 4. The van der Waals surface area contributed by atoms with Crippen LogP contribution in [0, 0.1) is 0 Å². The molecule has 7 nitrogen and oxygen atoms in total. The fourth-order valence-corrected chi connectivity index (χ4v) is 5.21. The summed E-state index contributed by atoms with van der Waals surface area (Å²) in [6.45, 7) is 2.57. The molecular formula is C32H26Cl2N4O3S. The number of rotatable bonds is 11. The third kappa shape index (κ3) is 7.67. The first-order valence-electron chi connectivity index (χ1n) is 13.0. The number of para-hydroxylation sites is 1. The molecule has 1 heterocycles. The maximum atomic E-state index is 12.7. The minimum atomic E-state index is -0.347. The minimum absolute atomic E-state index is 0.275. The molecule has 0 radical (unpaired) electrons. The maximum Gasteiger partial charge on any atom is 0.271 e. The van der Waals surface area contributed by atoms with E-state index in [2.05, 4.69) is 20.8 Å². The lowest BCUT2D eigenvalue weighted by molar-refractivity contribution is 0.0955. The van der Waals surface area contributed by atoms with E-state index in [1.165, 1.54) is 17.6 Å². The number of hydrogen-bond donors (Lipinski definition) is 2. The molecular weight excluding hydrogens is 591 g/mol. The Morgan fingerprint density at radius 3 is 2.55 bits per heavy atom. The van der Waals surface area contributed by atoms with E-state index in [1.807, 2.05) is 73.0 Å². The van der Waals surface area contributed by atoms with E-state index in [-0.39, 0.29) is 12.5 Å². The molecule has 5 aromatic rings. The van der Waals surface area contributed by atoms with Gasteiger partial charge in [0.1, 0.15) is 6.61 Å². The second-order valence-corrected chi connectivity index (χ2v) is 10.7. The zero-order valence-electron chi connectivity index (χ0n) is 22.5. The lowest BCUT2D eigenvalue weighted by atomic mass is 10.1. The van der Waals surface area contributed by atoms with E-state index in [9.17, 15) is 4.79 Å². The van der Waals surface area contributed by atoms with Crippen LogP contribution >= 0.6 is 34.5 Å². The number of halogens is 2. The molecule has 0 aliphatic carbocycles. The molecule has 1 aromatic heterocycles. The van der Waals surface area contributed by atoms with Crippen LogP contribution in [-0.4, -0.2) is 23.7 Å². The highest BCUT2D eigenvalue weighted by molar-refractivity contribution is 7.14. The molecule has 0 unspecified atom stereocenters. The van der Waals surface area contributed by atoms with Gasteiger partial charge in [0.05, 0.1) is 23.5 Å². The summed E-state index contributed by atoms with van der Waals surface area (Å²) in [5.41, 5.74) is 7.26. The van der Waals surface area contributed by atoms with Gasteiger partial charge in [-0.1, -0.05) is 65.7 Å². The SMILES string of the molecule is CCOc1cc(/C=N\NC(=O)c2ccc(-c3csc(Nc4ccccc4)n3)cc2)cc(Cl)c1OCc1cccc(Cl)c1. The van der Waals surface area contributed by atoms with Gasteiger partial charge in [0.2, 0.25) is 0 Å². The van der Waals surface area contributed by atoms with Gasteiger partial charge in [-0.25, -0.2) is 10.4 Å². The summed E-state index contributed by atoms with van der Waals surface area (Å²) >= 11 is 14.1. The number of aromatic nitrogens is 1. The van der Waals surface area contributed by atoms with Crippen LogP contribution in [-0.2, 0) is 6.61 Å². The lowest BCUT2D eigenvalue weighted by Gasteiger charge is -2.14. The summed E-state index contributed by atoms with van der Waals surface area (Å²) in [7, 11) is 0. The van der Waals surface area contributed by atoms with Crippen molar-refractivity contribution in [1.29, 1.82) is 0 Å². The maximum absolute atomic E-state index is 12.7. The average Bonchev–Trinajstić information content (AvgIpc) is 3.46. The van der Waals surface area contributed by atoms with Crippen LogP contribution in [0.15, 0.2) is 101 Å². The zero-order chi connectivity index (χ0) is 29.3. The smallest absolute Gasteiger partial charge is 0.271 e. The Bertz CT molecular complexity index is 1690. The van der Waals surface area contributed by atoms with Gasteiger partial charge in [-0.05, 0) is 66.6 Å². The average molecular weight is 618 g/mol. The molecule has 1 amide bonds. The molecule has 5 rings (SSSR count). The third-order valence-electron chi connectivity index (χ3n) is 5.96. The molecule has 0 fully saturated rings. The Kier molecular flexibility index (Phi) is 9.71. The number of carbonyl (C=O) groups is 1. The van der Waals surface area contributed by atoms with Crippen molar-refractivity contribution in [2.75, 3.05) is 11.9 Å². The second kappa shape index (κ2) is 14.0. The normalized spacial score (nSPS) is 10.9. The number of anilines is 2. The van der Waals surface area contributed by atoms with Crippen molar-refractivity contribution in [3.8, 4) is 22.8 Å². The Hall–Kier alpha value is -4.37. The van der Waals surface area contributed by atoms with Crippen LogP contribution < -0.4 is 20.2 Å². The fourth-order valence-electron chi connectivity index (χ4n) is 3.98. The van der Waals surface area contributed by atoms with E-state index in [0.717, 1.165) is 27.6 Å². The topological polar surface area (TPSA) is 84.8 Å². The Morgan fingerprint density at radius 2 is 1.79 bits per heavy atom. The van der Waals surface area contributed by atoms with Crippen LogP contribution in [0.4, 0.5) is 10.8 Å². The standard InChI is InChI=1S/C32H26Cl2N4O3S/c1-2-40-29-17-22(16-27(34)30(29)41-19-21-7-6-8-25(33)15-21)18-35-38-31(39)24-13-11-23(12-14-24)28-20-42-32(37-28)36-26-9-4-3-5-10-26/h3-18,20H,2,19H2,1H3,(H,36,37)(H,38,39)/b35-18-. The Labute approximate surface area is 257 Å². The second-order valence-electron chi connectivity index (χ2n) is 8.99. The molecule has 0 saturated carbocycles. The minimum Gasteiger partial charge on any atom is -0.490 e. The first-order chi connectivity index (χ1) is 20.5. The molecule has 0 spiro atoms. The molecule has 0 bridgehead atoms. The number of hydrazone groups is 1. The quantitative estimate of drug-likeness (QED) is 0.115. The van der Waals surface area contributed by atoms with Gasteiger partial charge in [-0.2, -0.15) is 5.10 Å². The van der Waals surface area contributed by atoms with E-state index < -0.39 is 0 Å². The van der Waals surface area contributed by atoms with E-state index in [0.29, 0.717) is 39.3 Å². The summed E-state index contributed by atoms with van der Waals surface area (Å²) in [5.74, 6) is 0.544. The van der Waals surface area contributed by atoms with Gasteiger partial charge in [-0.15, -0.1) is 11.3 Å². The van der Waals surface area contributed by atoms with Crippen molar-refractivity contribution in [2.45, 2.75) is 13.5 Å². The summed E-state index contributed by atoms with van der Waals surface area (Å²) in [5, 5.41) is 11.1. The van der Waals surface area contributed by atoms with Crippen molar-refractivity contribution >= 4 is 57.5 Å². The molecule has 10 heteroatoms. The van der Waals surface area contributed by atoms with Crippen molar-refractivity contribution in [3.63, 3.8) is 0 Å². The van der Waals surface area contributed by atoms with Gasteiger partial charge in [0, 0.05) is 27.2 Å². The van der Waals surface area contributed by atoms with Gasteiger partial charge in [0.25, 0.3) is 5.91 Å². The first kappa shape index (κ1) is 29.1. The first-order valence-corrected chi connectivity index (χ1v) is 14.7. The predicted molar refractivity (Wildman–Crippen MR) is 171 cm³/mol.